The number of pyridine rings is 1. The second kappa shape index (κ2) is 6.34. The summed E-state index contributed by atoms with van der Waals surface area (Å²) >= 11 is 0. The van der Waals surface area contributed by atoms with Gasteiger partial charge in [-0.15, -0.1) is 0 Å². The molecule has 0 unspecified atom stereocenters. The summed E-state index contributed by atoms with van der Waals surface area (Å²) in [5, 5.41) is 7.43. The fourth-order valence-electron chi connectivity index (χ4n) is 2.16. The average molecular weight is 337 g/mol. The lowest BCUT2D eigenvalue weighted by Gasteiger charge is -2.10. The van der Waals surface area contributed by atoms with E-state index in [0.29, 0.717) is 12.4 Å². The highest BCUT2D eigenvalue weighted by Gasteiger charge is 2.28. The van der Waals surface area contributed by atoms with E-state index in [1.54, 1.807) is 23.0 Å². The average Bonchev–Trinajstić information content (AvgIpc) is 2.91. The van der Waals surface area contributed by atoms with Gasteiger partial charge in [0.1, 0.15) is 5.52 Å². The third kappa shape index (κ3) is 3.92. The summed E-state index contributed by atoms with van der Waals surface area (Å²) in [6, 6.07) is 5.04. The van der Waals surface area contributed by atoms with Crippen LogP contribution in [0.2, 0.25) is 0 Å². The number of hydrogen-bond donors (Lipinski definition) is 1. The highest BCUT2D eigenvalue weighted by molar-refractivity contribution is 5.67. The van der Waals surface area contributed by atoms with Gasteiger partial charge < -0.3 is 10.1 Å². The van der Waals surface area contributed by atoms with Crippen LogP contribution in [0.5, 0.6) is 5.88 Å². The van der Waals surface area contributed by atoms with E-state index >= 15 is 0 Å². The second-order valence-electron chi connectivity index (χ2n) is 5.15. The quantitative estimate of drug-likeness (QED) is 0.775. The maximum atomic E-state index is 12.2. The first-order valence-corrected chi connectivity index (χ1v) is 7.10. The van der Waals surface area contributed by atoms with Crippen molar-refractivity contribution in [1.29, 1.82) is 0 Å². The van der Waals surface area contributed by atoms with Crippen LogP contribution in [0, 0.1) is 6.92 Å². The predicted octanol–water partition coefficient (Wildman–Crippen LogP) is 2.99. The van der Waals surface area contributed by atoms with Gasteiger partial charge in [0.05, 0.1) is 5.69 Å². The van der Waals surface area contributed by atoms with Crippen LogP contribution in [-0.4, -0.2) is 32.4 Å². The Morgan fingerprint density at radius 2 is 2.04 bits per heavy atom. The lowest BCUT2D eigenvalue weighted by molar-refractivity contribution is -0.154. The Morgan fingerprint density at radius 1 is 1.21 bits per heavy atom. The van der Waals surface area contributed by atoms with E-state index in [9.17, 15) is 13.2 Å². The summed E-state index contributed by atoms with van der Waals surface area (Å²) in [6.45, 7) is 0.874. The van der Waals surface area contributed by atoms with Crippen LogP contribution in [0.1, 0.15) is 11.3 Å². The van der Waals surface area contributed by atoms with E-state index < -0.39 is 12.8 Å². The topological polar surface area (TPSA) is 64.3 Å². The van der Waals surface area contributed by atoms with Gasteiger partial charge in [-0.25, -0.2) is 14.5 Å². The van der Waals surface area contributed by atoms with E-state index in [1.807, 2.05) is 13.0 Å². The van der Waals surface area contributed by atoms with Gasteiger partial charge in [-0.3, -0.25) is 0 Å². The minimum Gasteiger partial charge on any atom is -0.468 e. The Morgan fingerprint density at radius 3 is 2.83 bits per heavy atom. The molecule has 0 aromatic carbocycles. The van der Waals surface area contributed by atoms with Gasteiger partial charge in [0.15, 0.2) is 12.4 Å². The molecule has 0 radical (unpaired) electrons. The standard InChI is InChI=1S/C15H14F3N5O/c1-10-6-12-14(20-4-5-23(12)22-10)21-8-11-2-3-19-13(7-11)24-9-15(16,17)18/h2-7H,8-9H2,1H3,(H,20,21). The number of fused-ring (bicyclic) bond motifs is 1. The number of rotatable bonds is 5. The van der Waals surface area contributed by atoms with Crippen molar-refractivity contribution < 1.29 is 17.9 Å². The summed E-state index contributed by atoms with van der Waals surface area (Å²) in [4.78, 5) is 8.03. The summed E-state index contributed by atoms with van der Waals surface area (Å²) in [5.74, 6) is 0.561. The number of halogens is 3. The molecule has 3 heterocycles. The third-order valence-electron chi connectivity index (χ3n) is 3.15. The lowest BCUT2D eigenvalue weighted by atomic mass is 10.2. The van der Waals surface area contributed by atoms with Crippen molar-refractivity contribution in [3.05, 3.63) is 48.0 Å². The molecule has 3 aromatic rings. The normalized spacial score (nSPS) is 11.7. The Kier molecular flexibility index (Phi) is 4.24. The van der Waals surface area contributed by atoms with Crippen LogP contribution in [-0.2, 0) is 6.54 Å². The molecular weight excluding hydrogens is 323 g/mol. The summed E-state index contributed by atoms with van der Waals surface area (Å²) in [6.07, 6.45) is 0.365. The van der Waals surface area contributed by atoms with Gasteiger partial charge in [-0.1, -0.05) is 0 Å². The zero-order valence-corrected chi connectivity index (χ0v) is 12.7. The lowest BCUT2D eigenvalue weighted by Crippen LogP contribution is -2.19. The molecule has 3 rings (SSSR count). The number of aromatic nitrogens is 4. The Hall–Kier alpha value is -2.84. The van der Waals surface area contributed by atoms with Gasteiger partial charge in [0, 0.05) is 31.2 Å². The van der Waals surface area contributed by atoms with Crippen LogP contribution in [0.4, 0.5) is 19.0 Å². The molecule has 0 aliphatic carbocycles. The Bertz CT molecular complexity index is 846. The zero-order chi connectivity index (χ0) is 17.2. The van der Waals surface area contributed by atoms with E-state index in [2.05, 4.69) is 25.1 Å². The van der Waals surface area contributed by atoms with Crippen LogP contribution < -0.4 is 10.1 Å². The van der Waals surface area contributed by atoms with Gasteiger partial charge >= 0.3 is 6.18 Å². The summed E-state index contributed by atoms with van der Waals surface area (Å²) in [5.41, 5.74) is 2.40. The first-order chi connectivity index (χ1) is 11.4. The molecule has 3 aromatic heterocycles. The molecule has 6 nitrogen and oxygen atoms in total. The molecule has 0 amide bonds. The fourth-order valence-corrected chi connectivity index (χ4v) is 2.16. The largest absolute Gasteiger partial charge is 0.468 e. The molecule has 0 bridgehead atoms. The highest BCUT2D eigenvalue weighted by atomic mass is 19.4. The SMILES string of the molecule is Cc1cc2c(NCc3ccnc(OCC(F)(F)F)c3)nccn2n1. The van der Waals surface area contributed by atoms with Crippen molar-refractivity contribution >= 4 is 11.3 Å². The number of hydrogen-bond acceptors (Lipinski definition) is 5. The molecule has 0 aliphatic heterocycles. The first-order valence-electron chi connectivity index (χ1n) is 7.10. The zero-order valence-electron chi connectivity index (χ0n) is 12.7. The minimum absolute atomic E-state index is 0.0713. The van der Waals surface area contributed by atoms with E-state index in [-0.39, 0.29) is 5.88 Å². The van der Waals surface area contributed by atoms with E-state index in [0.717, 1.165) is 16.8 Å². The minimum atomic E-state index is -4.39. The van der Waals surface area contributed by atoms with Crippen LogP contribution in [0.3, 0.4) is 0 Å². The number of ether oxygens (including phenoxy) is 1. The number of nitrogens with zero attached hydrogens (tertiary/aromatic N) is 4. The highest BCUT2D eigenvalue weighted by Crippen LogP contribution is 2.19. The van der Waals surface area contributed by atoms with Crippen LogP contribution >= 0.6 is 0 Å². The fraction of sp³-hybridized carbons (Fsp3) is 0.267. The number of anilines is 1. The smallest absolute Gasteiger partial charge is 0.422 e. The molecule has 9 heteroatoms. The van der Waals surface area contributed by atoms with Gasteiger partial charge in [0.25, 0.3) is 0 Å². The van der Waals surface area contributed by atoms with E-state index in [1.165, 1.54) is 12.3 Å². The number of nitrogens with one attached hydrogen (secondary N) is 1. The molecule has 24 heavy (non-hydrogen) atoms. The van der Waals surface area contributed by atoms with Crippen molar-refractivity contribution in [2.75, 3.05) is 11.9 Å². The molecule has 0 aliphatic rings. The van der Waals surface area contributed by atoms with Gasteiger partial charge in [-0.05, 0) is 24.6 Å². The molecular formula is C15H14F3N5O. The number of aryl methyl sites for hydroxylation is 1. The second-order valence-corrected chi connectivity index (χ2v) is 5.15. The van der Waals surface area contributed by atoms with Crippen molar-refractivity contribution in [2.24, 2.45) is 0 Å². The van der Waals surface area contributed by atoms with Crippen molar-refractivity contribution in [2.45, 2.75) is 19.6 Å². The molecule has 126 valence electrons. The molecule has 0 saturated heterocycles. The van der Waals surface area contributed by atoms with Crippen LogP contribution in [0.25, 0.3) is 5.52 Å². The van der Waals surface area contributed by atoms with Crippen molar-refractivity contribution in [3.63, 3.8) is 0 Å². The maximum Gasteiger partial charge on any atom is 0.422 e. The van der Waals surface area contributed by atoms with E-state index in [4.69, 9.17) is 0 Å². The van der Waals surface area contributed by atoms with Gasteiger partial charge in [-0.2, -0.15) is 18.3 Å². The number of alkyl halides is 3. The monoisotopic (exact) mass is 337 g/mol. The first kappa shape index (κ1) is 16.0. The predicted molar refractivity (Wildman–Crippen MR) is 80.8 cm³/mol. The summed E-state index contributed by atoms with van der Waals surface area (Å²) < 4.78 is 42.9. The molecule has 0 atom stereocenters. The molecule has 1 N–H and O–H groups in total. The Labute approximate surface area is 135 Å². The Balaban J connectivity index is 1.70. The van der Waals surface area contributed by atoms with Gasteiger partial charge in [0.2, 0.25) is 5.88 Å². The van der Waals surface area contributed by atoms with Crippen LogP contribution in [0.15, 0.2) is 36.8 Å². The summed E-state index contributed by atoms with van der Waals surface area (Å²) in [7, 11) is 0. The molecule has 0 saturated carbocycles. The third-order valence-corrected chi connectivity index (χ3v) is 3.15. The molecule has 0 fully saturated rings. The molecule has 0 spiro atoms. The van der Waals surface area contributed by atoms with Crippen molar-refractivity contribution in [1.82, 2.24) is 19.6 Å². The maximum absolute atomic E-state index is 12.2. The van der Waals surface area contributed by atoms with Crippen molar-refractivity contribution in [3.8, 4) is 5.88 Å².